The molecule has 0 radical (unpaired) electrons. The van der Waals surface area contributed by atoms with Gasteiger partial charge in [-0.25, -0.2) is 4.57 Å². The summed E-state index contributed by atoms with van der Waals surface area (Å²) in [6.07, 6.45) is 24.2. The highest BCUT2D eigenvalue weighted by molar-refractivity contribution is 7.47. The second kappa shape index (κ2) is 36.1. The first-order valence-corrected chi connectivity index (χ1v) is 25.0. The van der Waals surface area contributed by atoms with Crippen molar-refractivity contribution in [3.63, 3.8) is 0 Å². The number of phosphoric acid groups is 1. The predicted octanol–water partition coefficient (Wildman–Crippen LogP) is 9.06. The van der Waals surface area contributed by atoms with E-state index in [4.69, 9.17) is 18.5 Å². The van der Waals surface area contributed by atoms with Gasteiger partial charge in [-0.1, -0.05) is 174 Å². The number of hydrogen-bond donors (Lipinski definition) is 6. The maximum Gasteiger partial charge on any atom is 0.472 e. The lowest BCUT2D eigenvalue weighted by atomic mass is 9.85. The van der Waals surface area contributed by atoms with Crippen molar-refractivity contribution in [1.82, 2.24) is 0 Å². The first kappa shape index (κ1) is 55.6. The van der Waals surface area contributed by atoms with Crippen molar-refractivity contribution in [2.75, 3.05) is 13.2 Å². The summed E-state index contributed by atoms with van der Waals surface area (Å²) in [7, 11) is -5.11. The highest BCUT2D eigenvalue weighted by Crippen LogP contribution is 2.47. The molecule has 1 saturated carbocycles. The van der Waals surface area contributed by atoms with Gasteiger partial charge in [0.15, 0.2) is 6.10 Å². The zero-order valence-electron chi connectivity index (χ0n) is 36.8. The van der Waals surface area contributed by atoms with E-state index in [1.54, 1.807) is 0 Å². The van der Waals surface area contributed by atoms with Crippen LogP contribution in [0.25, 0.3) is 0 Å². The van der Waals surface area contributed by atoms with E-state index in [-0.39, 0.29) is 12.8 Å². The summed E-state index contributed by atoms with van der Waals surface area (Å²) in [4.78, 5) is 35.6. The van der Waals surface area contributed by atoms with Crippen LogP contribution in [-0.4, -0.2) is 98.3 Å². The van der Waals surface area contributed by atoms with Crippen LogP contribution >= 0.6 is 7.82 Å². The molecule has 6 N–H and O–H groups in total. The summed E-state index contributed by atoms with van der Waals surface area (Å²) < 4.78 is 33.5. The Balaban J connectivity index is 2.41. The van der Waals surface area contributed by atoms with Crippen LogP contribution < -0.4 is 0 Å². The monoisotopic (exact) mass is 865 g/mol. The molecule has 348 valence electrons. The standard InChI is InChI=1S/C45H85O13P/c1-3-5-7-9-11-13-15-16-17-18-19-20-21-22-24-26-28-30-32-34-39(47)57-37(35-55-38(46)33-31-29-27-25-23-14-12-10-8-6-4-2)36-56-59(53,54)58-45-43(51)41(49)40(48)42(50)44(45)52/h10,12,37,40-45,48-52H,3-9,11,13-36H2,1-2H3,(H,53,54)/b12-10-/t37-,40?,41-,42?,43?,44?,45?/m1/s1. The van der Waals surface area contributed by atoms with Crippen LogP contribution in [0.4, 0.5) is 0 Å². The molecule has 8 atom stereocenters. The predicted molar refractivity (Wildman–Crippen MR) is 231 cm³/mol. The van der Waals surface area contributed by atoms with Crippen LogP contribution in [0.3, 0.4) is 0 Å². The number of unbranched alkanes of at least 4 members (excludes halogenated alkanes) is 25. The number of allylic oxidation sites excluding steroid dienone is 2. The highest BCUT2D eigenvalue weighted by atomic mass is 31.2. The van der Waals surface area contributed by atoms with Gasteiger partial charge in [0.1, 0.15) is 43.2 Å². The molecule has 0 spiro atoms. The molecule has 0 aromatic rings. The second-order valence-electron chi connectivity index (χ2n) is 16.6. The summed E-state index contributed by atoms with van der Waals surface area (Å²) in [6.45, 7) is 3.27. The number of rotatable bonds is 39. The number of esters is 2. The van der Waals surface area contributed by atoms with Gasteiger partial charge in [0, 0.05) is 12.8 Å². The molecule has 0 aromatic heterocycles. The van der Waals surface area contributed by atoms with E-state index < -0.39 is 75.7 Å². The van der Waals surface area contributed by atoms with E-state index >= 15 is 0 Å². The number of carbonyl (C=O) groups is 2. The molecule has 6 unspecified atom stereocenters. The lowest BCUT2D eigenvalue weighted by Crippen LogP contribution is -2.64. The summed E-state index contributed by atoms with van der Waals surface area (Å²) in [5.41, 5.74) is 0. The van der Waals surface area contributed by atoms with Crippen molar-refractivity contribution in [2.45, 2.75) is 249 Å². The zero-order chi connectivity index (χ0) is 43.6. The lowest BCUT2D eigenvalue weighted by Gasteiger charge is -2.41. The third-order valence-electron chi connectivity index (χ3n) is 11.1. The van der Waals surface area contributed by atoms with Crippen LogP contribution in [0.15, 0.2) is 12.2 Å². The number of carbonyl (C=O) groups excluding carboxylic acids is 2. The molecule has 0 bridgehead atoms. The molecular formula is C45H85O13P. The van der Waals surface area contributed by atoms with Gasteiger partial charge in [-0.2, -0.15) is 0 Å². The molecule has 1 fully saturated rings. The molecule has 0 aliphatic heterocycles. The van der Waals surface area contributed by atoms with Crippen molar-refractivity contribution >= 4 is 19.8 Å². The van der Waals surface area contributed by atoms with Crippen molar-refractivity contribution < 1.29 is 63.1 Å². The molecule has 59 heavy (non-hydrogen) atoms. The van der Waals surface area contributed by atoms with E-state index in [0.29, 0.717) is 12.8 Å². The Morgan fingerprint density at radius 3 is 1.34 bits per heavy atom. The summed E-state index contributed by atoms with van der Waals surface area (Å²) in [5, 5.41) is 50.1. The average molecular weight is 865 g/mol. The van der Waals surface area contributed by atoms with Gasteiger partial charge in [-0.05, 0) is 32.1 Å². The summed E-state index contributed by atoms with van der Waals surface area (Å²) in [5.74, 6) is -1.10. The van der Waals surface area contributed by atoms with Gasteiger partial charge in [-0.15, -0.1) is 0 Å². The molecule has 1 aliphatic carbocycles. The number of hydrogen-bond acceptors (Lipinski definition) is 12. The fourth-order valence-electron chi connectivity index (χ4n) is 7.27. The molecular weight excluding hydrogens is 779 g/mol. The topological polar surface area (TPSA) is 210 Å². The van der Waals surface area contributed by atoms with Crippen molar-refractivity contribution in [1.29, 1.82) is 0 Å². The van der Waals surface area contributed by atoms with Gasteiger partial charge < -0.3 is 39.9 Å². The van der Waals surface area contributed by atoms with Crippen LogP contribution in [0.2, 0.25) is 0 Å². The fourth-order valence-corrected chi connectivity index (χ4v) is 8.24. The Labute approximate surface area is 356 Å². The van der Waals surface area contributed by atoms with Crippen LogP contribution in [-0.2, 0) is 32.7 Å². The third kappa shape index (κ3) is 28.7. The molecule has 1 aliphatic rings. The van der Waals surface area contributed by atoms with E-state index in [9.17, 15) is 44.6 Å². The van der Waals surface area contributed by atoms with Crippen LogP contribution in [0.5, 0.6) is 0 Å². The van der Waals surface area contributed by atoms with E-state index in [1.807, 2.05) is 0 Å². The minimum Gasteiger partial charge on any atom is -0.462 e. The van der Waals surface area contributed by atoms with Gasteiger partial charge >= 0.3 is 19.8 Å². The fraction of sp³-hybridized carbons (Fsp3) is 0.911. The molecule has 14 heteroatoms. The highest BCUT2D eigenvalue weighted by Gasteiger charge is 2.51. The number of ether oxygens (including phenoxy) is 2. The third-order valence-corrected chi connectivity index (χ3v) is 12.1. The average Bonchev–Trinajstić information content (AvgIpc) is 3.21. The molecule has 0 heterocycles. The Kier molecular flexibility index (Phi) is 34.0. The minimum atomic E-state index is -5.11. The van der Waals surface area contributed by atoms with E-state index in [2.05, 4.69) is 26.0 Å². The maximum absolute atomic E-state index is 12.8. The lowest BCUT2D eigenvalue weighted by molar-refractivity contribution is -0.220. The Morgan fingerprint density at radius 2 is 0.881 bits per heavy atom. The number of phosphoric ester groups is 1. The quantitative estimate of drug-likeness (QED) is 0.0148. The largest absolute Gasteiger partial charge is 0.472 e. The van der Waals surface area contributed by atoms with E-state index in [0.717, 1.165) is 57.8 Å². The van der Waals surface area contributed by atoms with Crippen molar-refractivity contribution in [2.24, 2.45) is 0 Å². The zero-order valence-corrected chi connectivity index (χ0v) is 37.7. The van der Waals surface area contributed by atoms with Crippen molar-refractivity contribution in [3.8, 4) is 0 Å². The molecule has 1 rings (SSSR count). The molecule has 13 nitrogen and oxygen atoms in total. The number of aliphatic hydroxyl groups is 5. The minimum absolute atomic E-state index is 0.101. The summed E-state index contributed by atoms with van der Waals surface area (Å²) in [6, 6.07) is 0. The second-order valence-corrected chi connectivity index (χ2v) is 18.0. The smallest absolute Gasteiger partial charge is 0.462 e. The van der Waals surface area contributed by atoms with E-state index in [1.165, 1.54) is 109 Å². The van der Waals surface area contributed by atoms with Crippen molar-refractivity contribution in [3.05, 3.63) is 12.2 Å². The maximum atomic E-state index is 12.8. The van der Waals surface area contributed by atoms with Gasteiger partial charge in [0.2, 0.25) is 0 Å². The van der Waals surface area contributed by atoms with Crippen LogP contribution in [0, 0.1) is 0 Å². The SMILES string of the molecule is CCCC/C=C\CCCCCCCC(=O)OC[C@H](COP(=O)(O)OC1C(O)C(O)C(O)[C@@H](O)C1O)OC(=O)CCCCCCCCCCCCCCCCCCCCC. The summed E-state index contributed by atoms with van der Waals surface area (Å²) >= 11 is 0. The Hall–Kier alpha value is -1.41. The normalized spacial score (nSPS) is 22.4. The van der Waals surface area contributed by atoms with Gasteiger partial charge in [0.05, 0.1) is 6.61 Å². The Morgan fingerprint density at radius 1 is 0.508 bits per heavy atom. The first-order valence-electron chi connectivity index (χ1n) is 23.5. The molecule has 0 saturated heterocycles. The van der Waals surface area contributed by atoms with Gasteiger partial charge in [0.25, 0.3) is 0 Å². The number of aliphatic hydroxyl groups excluding tert-OH is 5. The Bertz CT molecular complexity index is 1090. The molecule has 0 aromatic carbocycles. The molecule has 0 amide bonds. The first-order chi connectivity index (χ1) is 28.4. The van der Waals surface area contributed by atoms with Gasteiger partial charge in [-0.3, -0.25) is 18.6 Å². The van der Waals surface area contributed by atoms with Crippen LogP contribution in [0.1, 0.15) is 206 Å².